The van der Waals surface area contributed by atoms with Crippen molar-refractivity contribution in [1.29, 1.82) is 0 Å². The molecule has 0 aliphatic heterocycles. The number of benzene rings is 1. The molecule has 0 aliphatic carbocycles. The van der Waals surface area contributed by atoms with E-state index < -0.39 is 5.82 Å². The summed E-state index contributed by atoms with van der Waals surface area (Å²) in [6.07, 6.45) is 1.61. The number of nitrogens with one attached hydrogen (secondary N) is 1. The average molecular weight is 331 g/mol. The van der Waals surface area contributed by atoms with Gasteiger partial charge in [-0.05, 0) is 12.1 Å². The molecule has 7 heteroatoms. The Kier molecular flexibility index (Phi) is 5.09. The van der Waals surface area contributed by atoms with Crippen LogP contribution in [0.3, 0.4) is 0 Å². The van der Waals surface area contributed by atoms with Crippen molar-refractivity contribution in [2.45, 2.75) is 6.54 Å². The molecule has 0 bridgehead atoms. The van der Waals surface area contributed by atoms with Crippen molar-refractivity contribution in [2.24, 2.45) is 0 Å². The van der Waals surface area contributed by atoms with Gasteiger partial charge < -0.3 is 14.8 Å². The van der Waals surface area contributed by atoms with Crippen molar-refractivity contribution in [3.63, 3.8) is 0 Å². The van der Waals surface area contributed by atoms with Gasteiger partial charge in [-0.1, -0.05) is 23.2 Å². The molecule has 0 spiro atoms. The number of halogens is 3. The van der Waals surface area contributed by atoms with Crippen molar-refractivity contribution in [3.8, 4) is 11.5 Å². The first-order chi connectivity index (χ1) is 10.1. The van der Waals surface area contributed by atoms with E-state index in [1.807, 2.05) is 0 Å². The van der Waals surface area contributed by atoms with E-state index in [9.17, 15) is 4.39 Å². The van der Waals surface area contributed by atoms with Gasteiger partial charge >= 0.3 is 0 Å². The zero-order valence-corrected chi connectivity index (χ0v) is 12.9. The van der Waals surface area contributed by atoms with Crippen LogP contribution in [0, 0.1) is 5.82 Å². The van der Waals surface area contributed by atoms with Crippen molar-refractivity contribution in [2.75, 3.05) is 19.5 Å². The van der Waals surface area contributed by atoms with Gasteiger partial charge in [0.2, 0.25) is 0 Å². The molecule has 0 aliphatic rings. The Morgan fingerprint density at radius 1 is 1.19 bits per heavy atom. The van der Waals surface area contributed by atoms with Crippen LogP contribution in [0.1, 0.15) is 5.69 Å². The Hall–Kier alpha value is -1.72. The molecular weight excluding hydrogens is 318 g/mol. The third-order valence-corrected chi connectivity index (χ3v) is 3.36. The maximum Gasteiger partial charge on any atom is 0.184 e. The third-order valence-electron chi connectivity index (χ3n) is 2.81. The van der Waals surface area contributed by atoms with Crippen molar-refractivity contribution < 1.29 is 13.9 Å². The van der Waals surface area contributed by atoms with E-state index in [0.29, 0.717) is 29.4 Å². The number of rotatable bonds is 5. The summed E-state index contributed by atoms with van der Waals surface area (Å²) in [7, 11) is 3.09. The highest BCUT2D eigenvalue weighted by molar-refractivity contribution is 6.35. The Bertz CT molecular complexity index is 630. The first-order valence-corrected chi connectivity index (χ1v) is 6.76. The summed E-state index contributed by atoms with van der Waals surface area (Å²) >= 11 is 11.5. The average Bonchev–Trinajstić information content (AvgIpc) is 2.49. The second-order valence-corrected chi connectivity index (χ2v) is 4.91. The molecule has 0 amide bonds. The van der Waals surface area contributed by atoms with Crippen LogP contribution in [0.25, 0.3) is 0 Å². The lowest BCUT2D eigenvalue weighted by molar-refractivity contribution is 0.350. The molecule has 112 valence electrons. The molecule has 0 atom stereocenters. The molecule has 2 rings (SSSR count). The number of nitrogens with zero attached hydrogens (tertiary/aromatic N) is 1. The topological polar surface area (TPSA) is 43.4 Å². The quantitative estimate of drug-likeness (QED) is 0.836. The largest absolute Gasteiger partial charge is 0.493 e. The number of methoxy groups -OCH3 is 2. The summed E-state index contributed by atoms with van der Waals surface area (Å²) in [6, 6.07) is 4.61. The fourth-order valence-corrected chi connectivity index (χ4v) is 2.31. The van der Waals surface area contributed by atoms with Crippen LogP contribution in [-0.2, 0) is 6.54 Å². The molecule has 0 saturated carbocycles. The van der Waals surface area contributed by atoms with E-state index in [1.165, 1.54) is 19.2 Å². The summed E-state index contributed by atoms with van der Waals surface area (Å²) in [5, 5.41) is 2.97. The monoisotopic (exact) mass is 330 g/mol. The predicted molar refractivity (Wildman–Crippen MR) is 81.1 cm³/mol. The van der Waals surface area contributed by atoms with Crippen LogP contribution >= 0.6 is 23.2 Å². The van der Waals surface area contributed by atoms with Crippen LogP contribution in [0.15, 0.2) is 24.4 Å². The van der Waals surface area contributed by atoms with Crippen LogP contribution < -0.4 is 14.8 Å². The molecule has 0 saturated heterocycles. The van der Waals surface area contributed by atoms with Gasteiger partial charge in [-0.2, -0.15) is 0 Å². The first kappa shape index (κ1) is 15.7. The lowest BCUT2D eigenvalue weighted by Crippen LogP contribution is -2.05. The van der Waals surface area contributed by atoms with E-state index in [0.717, 1.165) is 0 Å². The summed E-state index contributed by atoms with van der Waals surface area (Å²) in [6.45, 7) is 0.346. The van der Waals surface area contributed by atoms with Gasteiger partial charge in [0.1, 0.15) is 5.69 Å². The van der Waals surface area contributed by atoms with Crippen LogP contribution in [-0.4, -0.2) is 19.2 Å². The van der Waals surface area contributed by atoms with Crippen molar-refractivity contribution >= 4 is 28.9 Å². The second-order valence-electron chi connectivity index (χ2n) is 4.10. The van der Waals surface area contributed by atoms with Crippen LogP contribution in [0.2, 0.25) is 10.0 Å². The zero-order chi connectivity index (χ0) is 15.4. The van der Waals surface area contributed by atoms with Crippen LogP contribution in [0.4, 0.5) is 10.1 Å². The number of anilines is 1. The van der Waals surface area contributed by atoms with Gasteiger partial charge in [0.15, 0.2) is 17.3 Å². The minimum Gasteiger partial charge on any atom is -0.493 e. The standard InChI is InChI=1S/C14H13Cl2FN2O2/c1-20-12-3-4-18-11(14(12)21-2)7-19-8-5-9(15)13(17)10(16)6-8/h3-6,19H,7H2,1-2H3. The van der Waals surface area contributed by atoms with E-state index in [1.54, 1.807) is 19.4 Å². The van der Waals surface area contributed by atoms with Crippen molar-refractivity contribution in [1.82, 2.24) is 4.98 Å². The summed E-state index contributed by atoms with van der Waals surface area (Å²) in [4.78, 5) is 4.23. The van der Waals surface area contributed by atoms with E-state index >= 15 is 0 Å². The minimum atomic E-state index is -0.638. The highest BCUT2D eigenvalue weighted by Gasteiger charge is 2.12. The maximum absolute atomic E-state index is 13.4. The number of hydrogen-bond donors (Lipinski definition) is 1. The third kappa shape index (κ3) is 3.49. The lowest BCUT2D eigenvalue weighted by atomic mass is 10.2. The molecule has 21 heavy (non-hydrogen) atoms. The number of ether oxygens (including phenoxy) is 2. The first-order valence-electron chi connectivity index (χ1n) is 6.01. The minimum absolute atomic E-state index is 0.0458. The predicted octanol–water partition coefficient (Wildman–Crippen LogP) is 4.16. The normalized spacial score (nSPS) is 10.3. The molecule has 0 unspecified atom stereocenters. The maximum atomic E-state index is 13.4. The molecule has 1 N–H and O–H groups in total. The Morgan fingerprint density at radius 3 is 2.43 bits per heavy atom. The van der Waals surface area contributed by atoms with Gasteiger partial charge in [-0.3, -0.25) is 4.98 Å². The van der Waals surface area contributed by atoms with Gasteiger partial charge in [0, 0.05) is 18.0 Å². The van der Waals surface area contributed by atoms with Gasteiger partial charge in [0.05, 0.1) is 30.8 Å². The van der Waals surface area contributed by atoms with E-state index in [2.05, 4.69) is 10.3 Å². The number of pyridine rings is 1. The number of aromatic nitrogens is 1. The number of hydrogen-bond acceptors (Lipinski definition) is 4. The molecule has 0 radical (unpaired) electrons. The highest BCUT2D eigenvalue weighted by atomic mass is 35.5. The highest BCUT2D eigenvalue weighted by Crippen LogP contribution is 2.31. The fraction of sp³-hybridized carbons (Fsp3) is 0.214. The van der Waals surface area contributed by atoms with E-state index in [4.69, 9.17) is 32.7 Å². The molecule has 1 aromatic carbocycles. The van der Waals surface area contributed by atoms with E-state index in [-0.39, 0.29) is 10.0 Å². The molecule has 1 aromatic heterocycles. The molecule has 4 nitrogen and oxygen atoms in total. The molecule has 1 heterocycles. The fourth-order valence-electron chi connectivity index (χ4n) is 1.82. The Balaban J connectivity index is 2.20. The smallest absolute Gasteiger partial charge is 0.184 e. The Labute approximate surface area is 131 Å². The summed E-state index contributed by atoms with van der Waals surface area (Å²) in [5.74, 6) is 0.479. The van der Waals surface area contributed by atoms with Crippen molar-refractivity contribution in [3.05, 3.63) is 46.0 Å². The van der Waals surface area contributed by atoms with Gasteiger partial charge in [0.25, 0.3) is 0 Å². The lowest BCUT2D eigenvalue weighted by Gasteiger charge is -2.13. The molecule has 2 aromatic rings. The SMILES string of the molecule is COc1ccnc(CNc2cc(Cl)c(F)c(Cl)c2)c1OC. The summed E-state index contributed by atoms with van der Waals surface area (Å²) < 4.78 is 23.8. The van der Waals surface area contributed by atoms with Gasteiger partial charge in [-0.15, -0.1) is 0 Å². The second kappa shape index (κ2) is 6.83. The van der Waals surface area contributed by atoms with Crippen LogP contribution in [0.5, 0.6) is 11.5 Å². The molecular formula is C14H13Cl2FN2O2. The molecule has 0 fully saturated rings. The zero-order valence-electron chi connectivity index (χ0n) is 11.4. The van der Waals surface area contributed by atoms with Gasteiger partial charge in [-0.25, -0.2) is 4.39 Å². The Morgan fingerprint density at radius 2 is 1.86 bits per heavy atom. The summed E-state index contributed by atoms with van der Waals surface area (Å²) in [5.41, 5.74) is 1.23.